The Kier molecular flexibility index (Phi) is 2.64. The van der Waals surface area contributed by atoms with Crippen LogP contribution in [0.5, 0.6) is 5.75 Å². The molecule has 2 heterocycles. The van der Waals surface area contributed by atoms with Crippen molar-refractivity contribution in [2.75, 3.05) is 5.32 Å². The SMILES string of the molecule is O=C(Nc1ncccc1O)c1c[nH]c2ccccc12. The average Bonchev–Trinajstić information content (AvgIpc) is 2.85. The zero-order chi connectivity index (χ0) is 13.2. The smallest absolute Gasteiger partial charge is 0.259 e. The van der Waals surface area contributed by atoms with Crippen LogP contribution in [0.2, 0.25) is 0 Å². The lowest BCUT2D eigenvalue weighted by Gasteiger charge is -2.04. The molecule has 0 saturated carbocycles. The highest BCUT2D eigenvalue weighted by atomic mass is 16.3. The molecular weight excluding hydrogens is 242 g/mol. The number of hydrogen-bond donors (Lipinski definition) is 3. The highest BCUT2D eigenvalue weighted by Gasteiger charge is 2.13. The predicted octanol–water partition coefficient (Wildman–Crippen LogP) is 2.52. The zero-order valence-electron chi connectivity index (χ0n) is 9.92. The fraction of sp³-hybridized carbons (Fsp3) is 0. The minimum atomic E-state index is -0.313. The van der Waals surface area contributed by atoms with Gasteiger partial charge in [-0.25, -0.2) is 4.98 Å². The number of hydrogen-bond acceptors (Lipinski definition) is 3. The van der Waals surface area contributed by atoms with E-state index in [2.05, 4.69) is 15.3 Å². The minimum absolute atomic E-state index is 0.0595. The van der Waals surface area contributed by atoms with Crippen molar-refractivity contribution < 1.29 is 9.90 Å². The van der Waals surface area contributed by atoms with Crippen molar-refractivity contribution in [3.05, 3.63) is 54.4 Å². The summed E-state index contributed by atoms with van der Waals surface area (Å²) < 4.78 is 0. The maximum Gasteiger partial charge on any atom is 0.259 e. The molecule has 94 valence electrons. The van der Waals surface area contributed by atoms with Crippen LogP contribution >= 0.6 is 0 Å². The molecule has 0 aliphatic carbocycles. The molecule has 0 spiro atoms. The van der Waals surface area contributed by atoms with Crippen LogP contribution in [-0.4, -0.2) is 21.0 Å². The number of rotatable bonds is 2. The van der Waals surface area contributed by atoms with Gasteiger partial charge in [0.1, 0.15) is 0 Å². The number of carbonyl (C=O) groups is 1. The second-order valence-electron chi connectivity index (χ2n) is 4.07. The van der Waals surface area contributed by atoms with Crippen molar-refractivity contribution in [1.82, 2.24) is 9.97 Å². The Bertz CT molecular complexity index is 749. The Hall–Kier alpha value is -2.82. The summed E-state index contributed by atoms with van der Waals surface area (Å²) in [5, 5.41) is 13.0. The normalized spacial score (nSPS) is 10.5. The molecule has 0 unspecified atom stereocenters. The minimum Gasteiger partial charge on any atom is -0.504 e. The van der Waals surface area contributed by atoms with E-state index in [4.69, 9.17) is 0 Å². The van der Waals surface area contributed by atoms with E-state index in [0.29, 0.717) is 5.56 Å². The van der Waals surface area contributed by atoms with Gasteiger partial charge in [0.15, 0.2) is 11.6 Å². The number of aromatic hydroxyl groups is 1. The second kappa shape index (κ2) is 4.45. The van der Waals surface area contributed by atoms with Gasteiger partial charge in [0, 0.05) is 23.3 Å². The molecule has 3 N–H and O–H groups in total. The molecule has 0 radical (unpaired) electrons. The number of nitrogens with zero attached hydrogens (tertiary/aromatic N) is 1. The molecule has 0 aliphatic rings. The van der Waals surface area contributed by atoms with Gasteiger partial charge in [0.25, 0.3) is 5.91 Å². The quantitative estimate of drug-likeness (QED) is 0.656. The molecule has 3 aromatic rings. The van der Waals surface area contributed by atoms with E-state index in [9.17, 15) is 9.90 Å². The number of pyridine rings is 1. The van der Waals surface area contributed by atoms with Crippen LogP contribution < -0.4 is 5.32 Å². The first kappa shape index (κ1) is 11.3. The molecule has 5 heteroatoms. The summed E-state index contributed by atoms with van der Waals surface area (Å²) in [4.78, 5) is 19.1. The molecule has 19 heavy (non-hydrogen) atoms. The van der Waals surface area contributed by atoms with Crippen molar-refractivity contribution in [2.24, 2.45) is 0 Å². The van der Waals surface area contributed by atoms with Gasteiger partial charge >= 0.3 is 0 Å². The molecular formula is C14H11N3O2. The lowest BCUT2D eigenvalue weighted by molar-refractivity contribution is 0.102. The van der Waals surface area contributed by atoms with E-state index in [1.54, 1.807) is 12.3 Å². The standard InChI is InChI=1S/C14H11N3O2/c18-12-6-3-7-15-13(12)17-14(19)10-8-16-11-5-2-1-4-9(10)11/h1-8,16,18H,(H,15,17,19). The highest BCUT2D eigenvalue weighted by molar-refractivity contribution is 6.12. The maximum absolute atomic E-state index is 12.2. The molecule has 1 aromatic carbocycles. The van der Waals surface area contributed by atoms with Crippen LogP contribution in [0, 0.1) is 0 Å². The lowest BCUT2D eigenvalue weighted by atomic mass is 10.1. The molecule has 0 aliphatic heterocycles. The Labute approximate surface area is 108 Å². The summed E-state index contributed by atoms with van der Waals surface area (Å²) in [6, 6.07) is 10.6. The molecule has 2 aromatic heterocycles. The van der Waals surface area contributed by atoms with Gasteiger partial charge in [-0.15, -0.1) is 0 Å². The number of aromatic amines is 1. The van der Waals surface area contributed by atoms with Crippen LogP contribution in [0.15, 0.2) is 48.8 Å². The first-order chi connectivity index (χ1) is 9.25. The van der Waals surface area contributed by atoms with Gasteiger partial charge in [-0.2, -0.15) is 0 Å². The number of para-hydroxylation sites is 1. The van der Waals surface area contributed by atoms with E-state index >= 15 is 0 Å². The lowest BCUT2D eigenvalue weighted by Crippen LogP contribution is -2.12. The number of amides is 1. The fourth-order valence-corrected chi connectivity index (χ4v) is 1.93. The van der Waals surface area contributed by atoms with E-state index in [1.807, 2.05) is 24.3 Å². The number of benzene rings is 1. The van der Waals surface area contributed by atoms with Crippen molar-refractivity contribution in [3.8, 4) is 5.75 Å². The maximum atomic E-state index is 12.2. The molecule has 5 nitrogen and oxygen atoms in total. The average molecular weight is 253 g/mol. The Morgan fingerprint density at radius 3 is 2.89 bits per heavy atom. The topological polar surface area (TPSA) is 78.0 Å². The largest absolute Gasteiger partial charge is 0.504 e. The molecule has 0 atom stereocenters. The number of H-pyrrole nitrogens is 1. The molecule has 0 bridgehead atoms. The van der Waals surface area contributed by atoms with Crippen LogP contribution in [-0.2, 0) is 0 Å². The monoisotopic (exact) mass is 253 g/mol. The van der Waals surface area contributed by atoms with E-state index in [-0.39, 0.29) is 17.5 Å². The number of anilines is 1. The molecule has 3 rings (SSSR count). The summed E-state index contributed by atoms with van der Waals surface area (Å²) in [5.74, 6) is -0.222. The van der Waals surface area contributed by atoms with Gasteiger partial charge in [0.05, 0.1) is 5.56 Å². The third kappa shape index (κ3) is 2.01. The third-order valence-electron chi connectivity index (χ3n) is 2.85. The van der Waals surface area contributed by atoms with Crippen molar-refractivity contribution in [3.63, 3.8) is 0 Å². The number of nitrogens with one attached hydrogen (secondary N) is 2. The predicted molar refractivity (Wildman–Crippen MR) is 72.2 cm³/mol. The summed E-state index contributed by atoms with van der Waals surface area (Å²) in [6.45, 7) is 0. The van der Waals surface area contributed by atoms with Gasteiger partial charge in [-0.3, -0.25) is 4.79 Å². The summed E-state index contributed by atoms with van der Waals surface area (Å²) in [7, 11) is 0. The van der Waals surface area contributed by atoms with Crippen LogP contribution in [0.3, 0.4) is 0 Å². The van der Waals surface area contributed by atoms with Crippen molar-refractivity contribution in [1.29, 1.82) is 0 Å². The van der Waals surface area contributed by atoms with Gasteiger partial charge < -0.3 is 15.4 Å². The van der Waals surface area contributed by atoms with Crippen molar-refractivity contribution in [2.45, 2.75) is 0 Å². The summed E-state index contributed by atoms with van der Waals surface area (Å²) in [5.41, 5.74) is 1.40. The first-order valence-corrected chi connectivity index (χ1v) is 5.77. The fourth-order valence-electron chi connectivity index (χ4n) is 1.93. The Morgan fingerprint density at radius 1 is 1.21 bits per heavy atom. The first-order valence-electron chi connectivity index (χ1n) is 5.77. The van der Waals surface area contributed by atoms with Crippen LogP contribution in [0.25, 0.3) is 10.9 Å². The summed E-state index contributed by atoms with van der Waals surface area (Å²) in [6.07, 6.45) is 3.14. The zero-order valence-corrected chi connectivity index (χ0v) is 9.92. The second-order valence-corrected chi connectivity index (χ2v) is 4.07. The number of carbonyl (C=O) groups excluding carboxylic acids is 1. The summed E-state index contributed by atoms with van der Waals surface area (Å²) >= 11 is 0. The van der Waals surface area contributed by atoms with Gasteiger partial charge in [0.2, 0.25) is 0 Å². The van der Waals surface area contributed by atoms with Gasteiger partial charge in [-0.05, 0) is 18.2 Å². The molecule has 0 saturated heterocycles. The third-order valence-corrected chi connectivity index (χ3v) is 2.85. The van der Waals surface area contributed by atoms with E-state index in [1.165, 1.54) is 12.3 Å². The number of aromatic nitrogens is 2. The van der Waals surface area contributed by atoms with E-state index in [0.717, 1.165) is 10.9 Å². The molecule has 1 amide bonds. The Balaban J connectivity index is 1.95. The van der Waals surface area contributed by atoms with Crippen LogP contribution in [0.4, 0.5) is 5.82 Å². The Morgan fingerprint density at radius 2 is 2.05 bits per heavy atom. The number of fused-ring (bicyclic) bond motifs is 1. The van der Waals surface area contributed by atoms with Crippen molar-refractivity contribution >= 4 is 22.6 Å². The van der Waals surface area contributed by atoms with E-state index < -0.39 is 0 Å². The van der Waals surface area contributed by atoms with Crippen LogP contribution in [0.1, 0.15) is 10.4 Å². The highest BCUT2D eigenvalue weighted by Crippen LogP contribution is 2.22. The van der Waals surface area contributed by atoms with Gasteiger partial charge in [-0.1, -0.05) is 18.2 Å². The molecule has 0 fully saturated rings.